The first-order chi connectivity index (χ1) is 19.3. The fourth-order valence-corrected chi connectivity index (χ4v) is 4.85. The average molecular weight is 579 g/mol. The van der Waals surface area contributed by atoms with Crippen molar-refractivity contribution in [3.8, 4) is 11.1 Å². The van der Waals surface area contributed by atoms with Crippen LogP contribution in [-0.4, -0.2) is 41.1 Å². The SMILES string of the molecule is O=C(O)[C@@H]1CCCN(C(=O)c2ccc(NC(CCC(F)(F)F)c3ccc(-c4ccc(C(F)(F)F)cc4)cc3)cc2)C1. The number of anilines is 1. The van der Waals surface area contributed by atoms with Gasteiger partial charge in [-0.1, -0.05) is 36.4 Å². The molecule has 3 aromatic carbocycles. The molecule has 0 radical (unpaired) electrons. The van der Waals surface area contributed by atoms with Gasteiger partial charge in [0.15, 0.2) is 0 Å². The molecule has 11 heteroatoms. The number of nitrogens with one attached hydrogen (secondary N) is 1. The normalized spacial score (nSPS) is 16.7. The van der Waals surface area contributed by atoms with E-state index in [-0.39, 0.29) is 18.9 Å². The number of carboxylic acids is 1. The Morgan fingerprint density at radius 2 is 1.46 bits per heavy atom. The molecule has 1 heterocycles. The molecule has 5 nitrogen and oxygen atoms in total. The molecule has 1 aliphatic rings. The molecule has 1 saturated heterocycles. The number of benzene rings is 3. The molecular weight excluding hydrogens is 550 g/mol. The van der Waals surface area contributed by atoms with Gasteiger partial charge in [-0.15, -0.1) is 0 Å². The van der Waals surface area contributed by atoms with Crippen LogP contribution in [0.3, 0.4) is 0 Å². The van der Waals surface area contributed by atoms with Crippen molar-refractivity contribution in [2.75, 3.05) is 18.4 Å². The van der Waals surface area contributed by atoms with Crippen LogP contribution in [-0.2, 0) is 11.0 Å². The number of piperidine rings is 1. The zero-order valence-corrected chi connectivity index (χ0v) is 21.8. The van der Waals surface area contributed by atoms with E-state index in [9.17, 15) is 41.0 Å². The second kappa shape index (κ2) is 12.2. The van der Waals surface area contributed by atoms with Crippen LogP contribution < -0.4 is 5.32 Å². The number of hydrogen-bond acceptors (Lipinski definition) is 3. The Kier molecular flexibility index (Phi) is 8.94. The molecule has 0 aliphatic carbocycles. The monoisotopic (exact) mass is 578 g/mol. The van der Waals surface area contributed by atoms with Gasteiger partial charge >= 0.3 is 18.3 Å². The number of aliphatic carboxylic acids is 1. The highest BCUT2D eigenvalue weighted by atomic mass is 19.4. The number of carboxylic acid groups (broad SMARTS) is 1. The summed E-state index contributed by atoms with van der Waals surface area (Å²) in [5.41, 5.74) is 1.76. The van der Waals surface area contributed by atoms with Gasteiger partial charge in [-0.05, 0) is 72.4 Å². The van der Waals surface area contributed by atoms with Gasteiger partial charge < -0.3 is 15.3 Å². The lowest BCUT2D eigenvalue weighted by Crippen LogP contribution is -2.42. The Hall–Kier alpha value is -4.02. The van der Waals surface area contributed by atoms with Gasteiger partial charge in [-0.2, -0.15) is 26.3 Å². The Morgan fingerprint density at radius 3 is 2.00 bits per heavy atom. The van der Waals surface area contributed by atoms with Gasteiger partial charge in [0.1, 0.15) is 0 Å². The van der Waals surface area contributed by atoms with E-state index < -0.39 is 42.3 Å². The zero-order chi connectivity index (χ0) is 29.8. The third-order valence-corrected chi connectivity index (χ3v) is 7.11. The summed E-state index contributed by atoms with van der Waals surface area (Å²) in [5, 5.41) is 12.4. The van der Waals surface area contributed by atoms with E-state index in [1.165, 1.54) is 17.0 Å². The van der Waals surface area contributed by atoms with Crippen LogP contribution in [0.5, 0.6) is 0 Å². The van der Waals surface area contributed by atoms with E-state index in [2.05, 4.69) is 5.32 Å². The molecule has 3 aromatic rings. The molecular formula is C30H28F6N2O3. The van der Waals surface area contributed by atoms with E-state index in [1.54, 1.807) is 48.5 Å². The summed E-state index contributed by atoms with van der Waals surface area (Å²) in [6, 6.07) is 16.7. The second-order valence-corrected chi connectivity index (χ2v) is 10.1. The molecule has 4 rings (SSSR count). The summed E-state index contributed by atoms with van der Waals surface area (Å²) in [6.07, 6.45) is -9.05. The van der Waals surface area contributed by atoms with Gasteiger partial charge in [-0.3, -0.25) is 9.59 Å². The fourth-order valence-electron chi connectivity index (χ4n) is 4.85. The van der Waals surface area contributed by atoms with Crippen molar-refractivity contribution < 1.29 is 41.0 Å². The Balaban J connectivity index is 1.48. The molecule has 1 fully saturated rings. The third kappa shape index (κ3) is 8.02. The van der Waals surface area contributed by atoms with Crippen LogP contribution in [0.1, 0.15) is 53.2 Å². The van der Waals surface area contributed by atoms with Gasteiger partial charge in [-0.25, -0.2) is 0 Å². The van der Waals surface area contributed by atoms with Crippen molar-refractivity contribution in [3.05, 3.63) is 89.5 Å². The van der Waals surface area contributed by atoms with Crippen LogP contribution in [0.4, 0.5) is 32.0 Å². The smallest absolute Gasteiger partial charge is 0.416 e. The van der Waals surface area contributed by atoms with E-state index >= 15 is 0 Å². The molecule has 1 amide bonds. The van der Waals surface area contributed by atoms with Crippen LogP contribution in [0.2, 0.25) is 0 Å². The number of rotatable bonds is 8. The maximum atomic E-state index is 13.1. The largest absolute Gasteiger partial charge is 0.481 e. The highest BCUT2D eigenvalue weighted by Gasteiger charge is 2.31. The molecule has 1 unspecified atom stereocenters. The predicted molar refractivity (Wildman–Crippen MR) is 141 cm³/mol. The Labute approximate surface area is 232 Å². The number of alkyl halides is 6. The van der Waals surface area contributed by atoms with Crippen molar-refractivity contribution in [1.29, 1.82) is 0 Å². The standard InChI is InChI=1S/C30H28F6N2O3/c31-29(32,33)16-15-26(21-5-3-19(4-6-21)20-7-11-24(12-8-20)30(34,35)36)37-25-13-9-22(10-14-25)27(39)38-17-1-2-23(18-38)28(40)41/h3-14,23,26,37H,1-2,15-18H2,(H,40,41)/t23-,26?/m1/s1. The van der Waals surface area contributed by atoms with Gasteiger partial charge in [0.25, 0.3) is 5.91 Å². The minimum absolute atomic E-state index is 0.121. The highest BCUT2D eigenvalue weighted by Crippen LogP contribution is 2.33. The first-order valence-corrected chi connectivity index (χ1v) is 13.0. The summed E-state index contributed by atoms with van der Waals surface area (Å²) < 4.78 is 77.8. The summed E-state index contributed by atoms with van der Waals surface area (Å²) in [7, 11) is 0. The maximum absolute atomic E-state index is 13.1. The maximum Gasteiger partial charge on any atom is 0.416 e. The number of nitrogens with zero attached hydrogens (tertiary/aromatic N) is 1. The first-order valence-electron chi connectivity index (χ1n) is 13.0. The number of amides is 1. The van der Waals surface area contributed by atoms with E-state index in [0.29, 0.717) is 47.3 Å². The first kappa shape index (κ1) is 30.0. The molecule has 2 atom stereocenters. The molecule has 218 valence electrons. The van der Waals surface area contributed by atoms with Gasteiger partial charge in [0.05, 0.1) is 17.5 Å². The molecule has 41 heavy (non-hydrogen) atoms. The van der Waals surface area contributed by atoms with Gasteiger partial charge in [0, 0.05) is 30.8 Å². The molecule has 0 saturated carbocycles. The van der Waals surface area contributed by atoms with Crippen molar-refractivity contribution >= 4 is 17.6 Å². The van der Waals surface area contributed by atoms with E-state index in [0.717, 1.165) is 12.1 Å². The average Bonchev–Trinajstić information content (AvgIpc) is 2.94. The second-order valence-electron chi connectivity index (χ2n) is 10.1. The van der Waals surface area contributed by atoms with Crippen LogP contribution in [0.15, 0.2) is 72.8 Å². The quantitative estimate of drug-likeness (QED) is 0.268. The molecule has 2 N–H and O–H groups in total. The van der Waals surface area contributed by atoms with Crippen molar-refractivity contribution in [2.24, 2.45) is 5.92 Å². The lowest BCUT2D eigenvalue weighted by Gasteiger charge is -2.30. The van der Waals surface area contributed by atoms with E-state index in [4.69, 9.17) is 0 Å². The zero-order valence-electron chi connectivity index (χ0n) is 21.8. The summed E-state index contributed by atoms with van der Waals surface area (Å²) in [6.45, 7) is 0.570. The number of likely N-dealkylation sites (tertiary alicyclic amines) is 1. The van der Waals surface area contributed by atoms with Crippen LogP contribution in [0.25, 0.3) is 11.1 Å². The lowest BCUT2D eigenvalue weighted by molar-refractivity contribution is -0.143. The third-order valence-electron chi connectivity index (χ3n) is 7.11. The Bertz CT molecular complexity index is 1340. The molecule has 0 bridgehead atoms. The summed E-state index contributed by atoms with van der Waals surface area (Å²) in [4.78, 5) is 25.7. The minimum Gasteiger partial charge on any atom is -0.481 e. The number of halogens is 6. The van der Waals surface area contributed by atoms with Crippen molar-refractivity contribution in [3.63, 3.8) is 0 Å². The summed E-state index contributed by atoms with van der Waals surface area (Å²) >= 11 is 0. The summed E-state index contributed by atoms with van der Waals surface area (Å²) in [5.74, 6) is -1.87. The van der Waals surface area contributed by atoms with Crippen molar-refractivity contribution in [2.45, 2.75) is 44.1 Å². The number of carbonyl (C=O) groups is 2. The molecule has 0 spiro atoms. The van der Waals surface area contributed by atoms with E-state index in [1.807, 2.05) is 0 Å². The fraction of sp³-hybridized carbons (Fsp3) is 0.333. The Morgan fingerprint density at radius 1 is 0.878 bits per heavy atom. The molecule has 1 aliphatic heterocycles. The topological polar surface area (TPSA) is 69.6 Å². The minimum atomic E-state index is -4.46. The lowest BCUT2D eigenvalue weighted by atomic mass is 9.97. The predicted octanol–water partition coefficient (Wildman–Crippen LogP) is 7.80. The van der Waals surface area contributed by atoms with Crippen molar-refractivity contribution in [1.82, 2.24) is 4.90 Å². The molecule has 0 aromatic heterocycles. The number of carbonyl (C=O) groups excluding carboxylic acids is 1. The number of hydrogen-bond donors (Lipinski definition) is 2. The highest BCUT2D eigenvalue weighted by molar-refractivity contribution is 5.95. The van der Waals surface area contributed by atoms with Gasteiger partial charge in [0.2, 0.25) is 0 Å². The van der Waals surface area contributed by atoms with Crippen LogP contribution in [0, 0.1) is 5.92 Å². The van der Waals surface area contributed by atoms with Crippen LogP contribution >= 0.6 is 0 Å².